The van der Waals surface area contributed by atoms with Gasteiger partial charge in [0.25, 0.3) is 0 Å². The molecule has 0 aliphatic heterocycles. The maximum Gasteiger partial charge on any atom is 0.317 e. The maximum atomic E-state index is 12.0. The van der Waals surface area contributed by atoms with E-state index in [0.29, 0.717) is 18.0 Å². The Morgan fingerprint density at radius 1 is 0.963 bits per heavy atom. The van der Waals surface area contributed by atoms with Gasteiger partial charge in [0.2, 0.25) is 5.91 Å². The molecule has 0 bridgehead atoms. The minimum Gasteiger partial charge on any atom is -0.494 e. The molecule has 0 aliphatic carbocycles. The van der Waals surface area contributed by atoms with E-state index in [-0.39, 0.29) is 26.7 Å². The number of ether oxygens (including phenoxy) is 1. The van der Waals surface area contributed by atoms with Crippen molar-refractivity contribution in [3.8, 4) is 5.75 Å². The molecular formula is C18H26N2O6Tc. The zero-order chi connectivity index (χ0) is 19.4. The van der Waals surface area contributed by atoms with Crippen molar-refractivity contribution in [2.75, 3.05) is 31.6 Å². The van der Waals surface area contributed by atoms with E-state index in [1.807, 2.05) is 0 Å². The first-order valence-electron chi connectivity index (χ1n) is 8.59. The summed E-state index contributed by atoms with van der Waals surface area (Å²) in [6.07, 6.45) is 4.49. The average molecular weight is 465 g/mol. The topological polar surface area (TPSA) is 116 Å². The summed E-state index contributed by atoms with van der Waals surface area (Å²) in [4.78, 5) is 34.5. The van der Waals surface area contributed by atoms with E-state index < -0.39 is 30.9 Å². The van der Waals surface area contributed by atoms with E-state index in [2.05, 4.69) is 12.2 Å². The molecule has 0 saturated heterocycles. The fourth-order valence-corrected chi connectivity index (χ4v) is 2.31. The molecule has 1 radical (unpaired) electrons. The van der Waals surface area contributed by atoms with Crippen molar-refractivity contribution in [1.29, 1.82) is 0 Å². The Balaban J connectivity index is 0.00000676. The van der Waals surface area contributed by atoms with Gasteiger partial charge < -0.3 is 20.3 Å². The van der Waals surface area contributed by atoms with E-state index in [0.717, 1.165) is 17.7 Å². The van der Waals surface area contributed by atoms with Crippen molar-refractivity contribution >= 4 is 23.5 Å². The molecule has 0 aliphatic rings. The van der Waals surface area contributed by atoms with Crippen LogP contribution >= 0.6 is 0 Å². The molecule has 9 heteroatoms. The summed E-state index contributed by atoms with van der Waals surface area (Å²) >= 11 is 0. The molecule has 0 saturated carbocycles. The molecule has 0 atom stereocenters. The summed E-state index contributed by atoms with van der Waals surface area (Å²) in [5.74, 6) is -2.17. The van der Waals surface area contributed by atoms with E-state index in [4.69, 9.17) is 14.9 Å². The van der Waals surface area contributed by atoms with Crippen LogP contribution in [0.4, 0.5) is 5.69 Å². The summed E-state index contributed by atoms with van der Waals surface area (Å²) in [5.41, 5.74) is 0.527. The van der Waals surface area contributed by atoms with Gasteiger partial charge in [-0.2, -0.15) is 0 Å². The van der Waals surface area contributed by atoms with Gasteiger partial charge in [-0.05, 0) is 30.7 Å². The van der Waals surface area contributed by atoms with Crippen LogP contribution in [0, 0.1) is 0 Å². The Morgan fingerprint density at radius 3 is 2.07 bits per heavy atom. The van der Waals surface area contributed by atoms with Gasteiger partial charge in [0.15, 0.2) is 0 Å². The van der Waals surface area contributed by atoms with Gasteiger partial charge in [-0.25, -0.2) is 0 Å². The third-order valence-corrected chi connectivity index (χ3v) is 3.49. The number of unbranched alkanes of at least 4 members (excludes halogenated alkanes) is 3. The van der Waals surface area contributed by atoms with E-state index in [9.17, 15) is 14.4 Å². The van der Waals surface area contributed by atoms with Crippen molar-refractivity contribution in [2.24, 2.45) is 0 Å². The maximum absolute atomic E-state index is 12.0. The summed E-state index contributed by atoms with van der Waals surface area (Å²) in [6, 6.07) is 6.83. The third kappa shape index (κ3) is 12.1. The normalized spacial score (nSPS) is 10.1. The van der Waals surface area contributed by atoms with Gasteiger partial charge in [0.1, 0.15) is 5.75 Å². The molecule has 8 nitrogen and oxygen atoms in total. The summed E-state index contributed by atoms with van der Waals surface area (Å²) < 4.78 is 5.61. The number of rotatable bonds is 13. The quantitative estimate of drug-likeness (QED) is 0.382. The number of nitrogens with one attached hydrogen (secondary N) is 1. The van der Waals surface area contributed by atoms with Gasteiger partial charge in [0.05, 0.1) is 26.2 Å². The number of hydrogen-bond acceptors (Lipinski definition) is 5. The van der Waals surface area contributed by atoms with Gasteiger partial charge in [0, 0.05) is 25.8 Å². The van der Waals surface area contributed by atoms with Crippen molar-refractivity contribution < 1.29 is 49.4 Å². The van der Waals surface area contributed by atoms with Crippen molar-refractivity contribution in [3.05, 3.63) is 24.3 Å². The van der Waals surface area contributed by atoms with Gasteiger partial charge in [-0.3, -0.25) is 19.3 Å². The van der Waals surface area contributed by atoms with Crippen LogP contribution < -0.4 is 10.1 Å². The SMILES string of the molecule is CCCCCCOc1ccc(NC(=O)CN(CC(=O)O)CC(=O)O)cc1.[99Tc]. The van der Waals surface area contributed by atoms with Crippen LogP contribution in [-0.4, -0.2) is 59.2 Å². The summed E-state index contributed by atoms with van der Waals surface area (Å²) in [6.45, 7) is 1.42. The molecule has 1 aromatic carbocycles. The molecule has 0 heterocycles. The van der Waals surface area contributed by atoms with Crippen molar-refractivity contribution in [3.63, 3.8) is 0 Å². The van der Waals surface area contributed by atoms with Crippen molar-refractivity contribution in [1.82, 2.24) is 4.90 Å². The molecule has 27 heavy (non-hydrogen) atoms. The number of carbonyl (C=O) groups excluding carboxylic acids is 1. The number of hydrogen-bond donors (Lipinski definition) is 3. The minimum atomic E-state index is -1.19. The predicted molar refractivity (Wildman–Crippen MR) is 96.4 cm³/mol. The number of carbonyl (C=O) groups is 3. The molecule has 0 spiro atoms. The van der Waals surface area contributed by atoms with Gasteiger partial charge >= 0.3 is 11.9 Å². The largest absolute Gasteiger partial charge is 0.494 e. The molecular weight excluding hydrogens is 439 g/mol. The molecule has 0 fully saturated rings. The minimum absolute atomic E-state index is 0. The predicted octanol–water partition coefficient (Wildman–Crippen LogP) is 2.05. The smallest absolute Gasteiger partial charge is 0.317 e. The van der Waals surface area contributed by atoms with E-state index in [1.54, 1.807) is 24.3 Å². The summed E-state index contributed by atoms with van der Waals surface area (Å²) in [5, 5.41) is 20.1. The summed E-state index contributed by atoms with van der Waals surface area (Å²) in [7, 11) is 0. The molecule has 3 N–H and O–H groups in total. The molecule has 0 aromatic heterocycles. The monoisotopic (exact) mass is 465 g/mol. The average Bonchev–Trinajstić information content (AvgIpc) is 2.54. The number of nitrogens with zero attached hydrogens (tertiary/aromatic N) is 1. The Kier molecular flexibility index (Phi) is 13.1. The number of carboxylic acids is 2. The first-order chi connectivity index (χ1) is 12.4. The second-order valence-electron chi connectivity index (χ2n) is 5.91. The Morgan fingerprint density at radius 2 is 1.56 bits per heavy atom. The Hall–Kier alpha value is -1.96. The number of anilines is 1. The van der Waals surface area contributed by atoms with Gasteiger partial charge in [-0.1, -0.05) is 26.2 Å². The fourth-order valence-electron chi connectivity index (χ4n) is 2.31. The first kappa shape index (κ1) is 25.0. The van der Waals surface area contributed by atoms with Crippen LogP contribution in [0.25, 0.3) is 0 Å². The third-order valence-electron chi connectivity index (χ3n) is 3.49. The number of carboxylic acid groups (broad SMARTS) is 2. The van der Waals surface area contributed by atoms with Crippen molar-refractivity contribution in [2.45, 2.75) is 32.6 Å². The molecule has 151 valence electrons. The van der Waals surface area contributed by atoms with E-state index >= 15 is 0 Å². The van der Waals surface area contributed by atoms with Crippen LogP contribution in [-0.2, 0) is 34.5 Å². The van der Waals surface area contributed by atoms with Crippen LogP contribution in [0.15, 0.2) is 24.3 Å². The standard InChI is InChI=1S/C18H26N2O6.Tc/c1-2-3-4-5-10-26-15-8-6-14(7-9-15)19-16(21)11-20(12-17(22)23)13-18(24)25;/h6-9H,2-5,10-13H2,1H3,(H,19,21)(H,22,23)(H,24,25);/i;1+1. The van der Waals surface area contributed by atoms with Crippen LogP contribution in [0.1, 0.15) is 32.6 Å². The zero-order valence-electron chi connectivity index (χ0n) is 15.3. The van der Waals surface area contributed by atoms with Crippen LogP contribution in [0.2, 0.25) is 0 Å². The second kappa shape index (κ2) is 14.1. The van der Waals surface area contributed by atoms with Crippen LogP contribution in [0.5, 0.6) is 5.75 Å². The fraction of sp³-hybridized carbons (Fsp3) is 0.500. The Bertz CT molecular complexity index is 578. The molecule has 1 rings (SSSR count). The number of aliphatic carboxylic acids is 2. The van der Waals surface area contributed by atoms with Crippen LogP contribution in [0.3, 0.4) is 0 Å². The number of benzene rings is 1. The van der Waals surface area contributed by atoms with Gasteiger partial charge in [-0.15, -0.1) is 0 Å². The number of amides is 1. The Labute approximate surface area is 172 Å². The second-order valence-corrected chi connectivity index (χ2v) is 5.91. The zero-order valence-corrected chi connectivity index (χ0v) is 17.2. The van der Waals surface area contributed by atoms with E-state index in [1.165, 1.54) is 12.8 Å². The first-order valence-corrected chi connectivity index (χ1v) is 8.59. The molecule has 1 aromatic rings. The molecule has 0 unspecified atom stereocenters. The molecule has 1 amide bonds.